The molecule has 2 heterocycles. The highest BCUT2D eigenvalue weighted by Gasteiger charge is 2.16. The van der Waals surface area contributed by atoms with Crippen molar-refractivity contribution in [2.24, 2.45) is 0 Å². The minimum atomic E-state index is 0.343. The Morgan fingerprint density at radius 1 is 0.963 bits per heavy atom. The molecule has 5 heteroatoms. The van der Waals surface area contributed by atoms with Crippen molar-refractivity contribution in [3.05, 3.63) is 72.1 Å². The number of hydrogen-bond acceptors (Lipinski definition) is 5. The standard InChI is InChI=1S/C22H16N4O/c1-3-9-16-10-7-8-13-18(16)19-14-23-15(2)20(24-19)22-26-25-21(27-22)17-11-5-4-6-12-17/h1,4-8,10-14H,9H2,2H3. The molecule has 0 unspecified atom stereocenters. The average molecular weight is 352 g/mol. The first-order valence-corrected chi connectivity index (χ1v) is 8.51. The molecule has 0 radical (unpaired) electrons. The van der Waals surface area contributed by atoms with Crippen LogP contribution in [0.3, 0.4) is 0 Å². The van der Waals surface area contributed by atoms with E-state index in [-0.39, 0.29) is 0 Å². The molecule has 0 aliphatic rings. The van der Waals surface area contributed by atoms with Gasteiger partial charge in [-0.3, -0.25) is 4.98 Å². The van der Waals surface area contributed by atoms with Crippen molar-refractivity contribution < 1.29 is 4.42 Å². The highest BCUT2D eigenvalue weighted by molar-refractivity contribution is 5.66. The molecule has 5 nitrogen and oxygen atoms in total. The average Bonchev–Trinajstić information content (AvgIpc) is 3.20. The molecule has 0 aliphatic heterocycles. The zero-order valence-corrected chi connectivity index (χ0v) is 14.8. The van der Waals surface area contributed by atoms with Crippen molar-refractivity contribution in [2.75, 3.05) is 0 Å². The van der Waals surface area contributed by atoms with E-state index in [9.17, 15) is 0 Å². The number of rotatable bonds is 4. The summed E-state index contributed by atoms with van der Waals surface area (Å²) < 4.78 is 5.85. The molecule has 2 aromatic heterocycles. The van der Waals surface area contributed by atoms with Crippen molar-refractivity contribution in [1.82, 2.24) is 20.2 Å². The number of aryl methyl sites for hydroxylation is 1. The summed E-state index contributed by atoms with van der Waals surface area (Å²) in [5.74, 6) is 3.48. The van der Waals surface area contributed by atoms with Crippen LogP contribution in [0.2, 0.25) is 0 Å². The van der Waals surface area contributed by atoms with Gasteiger partial charge in [-0.25, -0.2) is 4.98 Å². The molecule has 27 heavy (non-hydrogen) atoms. The van der Waals surface area contributed by atoms with Crippen LogP contribution in [0, 0.1) is 19.3 Å². The number of nitrogens with zero attached hydrogens (tertiary/aromatic N) is 4. The minimum Gasteiger partial charge on any atom is -0.415 e. The van der Waals surface area contributed by atoms with Gasteiger partial charge in [-0.2, -0.15) is 0 Å². The Bertz CT molecular complexity index is 1130. The van der Waals surface area contributed by atoms with Gasteiger partial charge >= 0.3 is 0 Å². The lowest BCUT2D eigenvalue weighted by molar-refractivity contribution is 0.581. The molecule has 4 rings (SSSR count). The van der Waals surface area contributed by atoms with Crippen molar-refractivity contribution in [2.45, 2.75) is 13.3 Å². The molecular weight excluding hydrogens is 336 g/mol. The Morgan fingerprint density at radius 3 is 2.52 bits per heavy atom. The summed E-state index contributed by atoms with van der Waals surface area (Å²) in [5.41, 5.74) is 4.85. The first kappa shape index (κ1) is 16.7. The van der Waals surface area contributed by atoms with E-state index in [0.717, 1.165) is 28.1 Å². The molecule has 0 N–H and O–H groups in total. The number of benzene rings is 2. The topological polar surface area (TPSA) is 64.7 Å². The van der Waals surface area contributed by atoms with Crippen LogP contribution in [0.4, 0.5) is 0 Å². The Balaban J connectivity index is 1.77. The third-order valence-corrected chi connectivity index (χ3v) is 4.19. The van der Waals surface area contributed by atoms with Crippen LogP contribution in [0.15, 0.2) is 65.2 Å². The van der Waals surface area contributed by atoms with Crippen LogP contribution < -0.4 is 0 Å². The summed E-state index contributed by atoms with van der Waals surface area (Å²) in [6, 6.07) is 17.5. The van der Waals surface area contributed by atoms with Gasteiger partial charge in [-0.15, -0.1) is 22.5 Å². The van der Waals surface area contributed by atoms with Crippen LogP contribution >= 0.6 is 0 Å². The van der Waals surface area contributed by atoms with Crippen LogP contribution in [0.1, 0.15) is 11.3 Å². The number of terminal acetylenes is 1. The largest absolute Gasteiger partial charge is 0.415 e. The lowest BCUT2D eigenvalue weighted by Gasteiger charge is -2.08. The maximum atomic E-state index is 5.85. The van der Waals surface area contributed by atoms with Crippen LogP contribution in [-0.4, -0.2) is 20.2 Å². The van der Waals surface area contributed by atoms with Gasteiger partial charge in [-0.1, -0.05) is 42.5 Å². The zero-order valence-electron chi connectivity index (χ0n) is 14.8. The highest BCUT2D eigenvalue weighted by Crippen LogP contribution is 2.28. The highest BCUT2D eigenvalue weighted by atomic mass is 16.4. The molecule has 0 atom stereocenters. The zero-order chi connectivity index (χ0) is 18.6. The number of aromatic nitrogens is 4. The summed E-state index contributed by atoms with van der Waals surface area (Å²) >= 11 is 0. The first-order chi connectivity index (χ1) is 13.3. The van der Waals surface area contributed by atoms with Crippen molar-refractivity contribution in [3.63, 3.8) is 0 Å². The molecule has 4 aromatic rings. The van der Waals surface area contributed by atoms with Gasteiger partial charge in [0, 0.05) is 17.5 Å². The monoisotopic (exact) mass is 352 g/mol. The third-order valence-electron chi connectivity index (χ3n) is 4.19. The van der Waals surface area contributed by atoms with E-state index < -0.39 is 0 Å². The van der Waals surface area contributed by atoms with E-state index in [2.05, 4.69) is 21.1 Å². The molecule has 2 aromatic carbocycles. The maximum Gasteiger partial charge on any atom is 0.268 e. The molecule has 0 amide bonds. The molecular formula is C22H16N4O. The van der Waals surface area contributed by atoms with Gasteiger partial charge in [-0.05, 0) is 24.6 Å². The summed E-state index contributed by atoms with van der Waals surface area (Å²) in [6.07, 6.45) is 7.76. The third kappa shape index (κ3) is 3.33. The van der Waals surface area contributed by atoms with Gasteiger partial charge in [0.05, 0.1) is 17.6 Å². The smallest absolute Gasteiger partial charge is 0.268 e. The number of hydrogen-bond donors (Lipinski definition) is 0. The molecule has 0 fully saturated rings. The Labute approximate surface area is 157 Å². The van der Waals surface area contributed by atoms with Crippen molar-refractivity contribution in [3.8, 4) is 46.6 Å². The minimum absolute atomic E-state index is 0.343. The second-order valence-electron chi connectivity index (χ2n) is 6.01. The van der Waals surface area contributed by atoms with Crippen molar-refractivity contribution in [1.29, 1.82) is 0 Å². The van der Waals surface area contributed by atoms with Crippen molar-refractivity contribution >= 4 is 0 Å². The molecule has 0 spiro atoms. The quantitative estimate of drug-likeness (QED) is 0.511. The second-order valence-corrected chi connectivity index (χ2v) is 6.01. The van der Waals surface area contributed by atoms with Crippen LogP contribution in [0.25, 0.3) is 34.3 Å². The van der Waals surface area contributed by atoms with E-state index in [1.165, 1.54) is 0 Å². The van der Waals surface area contributed by atoms with E-state index in [4.69, 9.17) is 15.8 Å². The second kappa shape index (κ2) is 7.22. The predicted octanol–water partition coefficient (Wildman–Crippen LogP) is 4.34. The molecule has 0 saturated carbocycles. The lowest BCUT2D eigenvalue weighted by atomic mass is 10.0. The van der Waals surface area contributed by atoms with Crippen LogP contribution in [0.5, 0.6) is 0 Å². The Hall–Kier alpha value is -3.78. The maximum absolute atomic E-state index is 5.85. The lowest BCUT2D eigenvalue weighted by Crippen LogP contribution is -1.97. The molecule has 0 bridgehead atoms. The molecule has 130 valence electrons. The first-order valence-electron chi connectivity index (χ1n) is 8.51. The summed E-state index contributed by atoms with van der Waals surface area (Å²) in [6.45, 7) is 1.87. The van der Waals surface area contributed by atoms with E-state index in [0.29, 0.717) is 23.9 Å². The fourth-order valence-corrected chi connectivity index (χ4v) is 2.83. The van der Waals surface area contributed by atoms with E-state index >= 15 is 0 Å². The Kier molecular flexibility index (Phi) is 4.46. The van der Waals surface area contributed by atoms with Gasteiger partial charge < -0.3 is 4.42 Å². The molecule has 0 aliphatic carbocycles. The fourth-order valence-electron chi connectivity index (χ4n) is 2.83. The predicted molar refractivity (Wildman–Crippen MR) is 103 cm³/mol. The summed E-state index contributed by atoms with van der Waals surface area (Å²) in [5, 5.41) is 8.31. The summed E-state index contributed by atoms with van der Waals surface area (Å²) in [7, 11) is 0. The normalized spacial score (nSPS) is 10.5. The van der Waals surface area contributed by atoms with E-state index in [1.54, 1.807) is 6.20 Å². The Morgan fingerprint density at radius 2 is 1.70 bits per heavy atom. The van der Waals surface area contributed by atoms with E-state index in [1.807, 2.05) is 61.5 Å². The fraction of sp³-hybridized carbons (Fsp3) is 0.0909. The van der Waals surface area contributed by atoms with Crippen LogP contribution in [-0.2, 0) is 6.42 Å². The van der Waals surface area contributed by atoms with Gasteiger partial charge in [0.2, 0.25) is 5.89 Å². The van der Waals surface area contributed by atoms with Gasteiger partial charge in [0.15, 0.2) is 0 Å². The van der Waals surface area contributed by atoms with Gasteiger partial charge in [0.1, 0.15) is 5.69 Å². The SMILES string of the molecule is C#CCc1ccccc1-c1cnc(C)c(-c2nnc(-c3ccccc3)o2)n1. The van der Waals surface area contributed by atoms with Gasteiger partial charge in [0.25, 0.3) is 5.89 Å². The summed E-state index contributed by atoms with van der Waals surface area (Å²) in [4.78, 5) is 9.21. The molecule has 0 saturated heterocycles.